The lowest BCUT2D eigenvalue weighted by atomic mass is 9.97. The van der Waals surface area contributed by atoms with E-state index in [1.807, 2.05) is 48.5 Å². The summed E-state index contributed by atoms with van der Waals surface area (Å²) in [5.41, 5.74) is 1.90. The maximum atomic E-state index is 10.1. The van der Waals surface area contributed by atoms with Crippen LogP contribution >= 0.6 is 15.9 Å². The molecule has 18 heavy (non-hydrogen) atoms. The zero-order valence-electron chi connectivity index (χ0n) is 9.60. The fourth-order valence-corrected chi connectivity index (χ4v) is 2.61. The fraction of sp³-hybridized carbons (Fsp3) is 0. The number of benzene rings is 3. The number of halogens is 1. The van der Waals surface area contributed by atoms with Gasteiger partial charge < -0.3 is 5.11 Å². The monoisotopic (exact) mass is 298 g/mol. The summed E-state index contributed by atoms with van der Waals surface area (Å²) in [7, 11) is 0. The van der Waals surface area contributed by atoms with Crippen molar-refractivity contribution in [3.05, 3.63) is 65.1 Å². The fourth-order valence-electron chi connectivity index (χ4n) is 2.21. The number of rotatable bonds is 1. The van der Waals surface area contributed by atoms with Gasteiger partial charge in [0, 0.05) is 10.0 Å². The van der Waals surface area contributed by atoms with Crippen molar-refractivity contribution in [1.29, 1.82) is 0 Å². The molecular weight excluding hydrogens is 288 g/mol. The highest BCUT2D eigenvalue weighted by Gasteiger charge is 2.09. The molecule has 0 aliphatic heterocycles. The van der Waals surface area contributed by atoms with Crippen LogP contribution in [0, 0.1) is 0 Å². The van der Waals surface area contributed by atoms with E-state index in [0.29, 0.717) is 5.75 Å². The Labute approximate surface area is 114 Å². The molecule has 0 aliphatic carbocycles. The molecule has 0 saturated carbocycles. The van der Waals surface area contributed by atoms with Gasteiger partial charge in [-0.25, -0.2) is 0 Å². The van der Waals surface area contributed by atoms with Crippen molar-refractivity contribution in [3.8, 4) is 16.9 Å². The molecule has 0 saturated heterocycles. The van der Waals surface area contributed by atoms with E-state index in [-0.39, 0.29) is 0 Å². The van der Waals surface area contributed by atoms with Crippen LogP contribution in [0.15, 0.2) is 65.1 Å². The zero-order chi connectivity index (χ0) is 12.5. The van der Waals surface area contributed by atoms with E-state index >= 15 is 0 Å². The summed E-state index contributed by atoms with van der Waals surface area (Å²) in [5, 5.41) is 12.3. The summed E-state index contributed by atoms with van der Waals surface area (Å²) < 4.78 is 1.01. The lowest BCUT2D eigenvalue weighted by molar-refractivity contribution is 0.478. The second kappa shape index (κ2) is 4.46. The molecule has 0 aromatic heterocycles. The first kappa shape index (κ1) is 11.3. The van der Waals surface area contributed by atoms with Crippen LogP contribution in [0.2, 0.25) is 0 Å². The minimum Gasteiger partial charge on any atom is -0.507 e. The molecule has 3 aromatic carbocycles. The molecule has 0 amide bonds. The molecular formula is C16H11BrO. The van der Waals surface area contributed by atoms with E-state index in [9.17, 15) is 5.11 Å². The summed E-state index contributed by atoms with van der Waals surface area (Å²) in [6, 6.07) is 19.7. The summed E-state index contributed by atoms with van der Waals surface area (Å²) in [6.07, 6.45) is 0. The van der Waals surface area contributed by atoms with Gasteiger partial charge in [0.15, 0.2) is 0 Å². The lowest BCUT2D eigenvalue weighted by Gasteiger charge is -2.09. The Morgan fingerprint density at radius 1 is 0.833 bits per heavy atom. The van der Waals surface area contributed by atoms with Crippen LogP contribution in [-0.4, -0.2) is 5.11 Å². The van der Waals surface area contributed by atoms with Gasteiger partial charge in [0.1, 0.15) is 5.75 Å². The van der Waals surface area contributed by atoms with Crippen LogP contribution < -0.4 is 0 Å². The third-order valence-corrected chi connectivity index (χ3v) is 3.51. The molecule has 3 aromatic rings. The van der Waals surface area contributed by atoms with Gasteiger partial charge in [0.05, 0.1) is 0 Å². The Morgan fingerprint density at radius 2 is 1.67 bits per heavy atom. The van der Waals surface area contributed by atoms with E-state index in [1.54, 1.807) is 6.07 Å². The lowest BCUT2D eigenvalue weighted by Crippen LogP contribution is -1.83. The molecule has 0 radical (unpaired) electrons. The first-order valence-corrected chi connectivity index (χ1v) is 6.51. The molecule has 0 aliphatic rings. The molecule has 1 nitrogen and oxygen atoms in total. The second-order valence-electron chi connectivity index (χ2n) is 4.19. The molecule has 0 atom stereocenters. The van der Waals surface area contributed by atoms with Crippen molar-refractivity contribution in [2.75, 3.05) is 0 Å². The van der Waals surface area contributed by atoms with E-state index < -0.39 is 0 Å². The number of phenols is 1. The summed E-state index contributed by atoms with van der Waals surface area (Å²) in [4.78, 5) is 0. The standard InChI is InChI=1S/C16H11BrO/c17-13-6-3-5-12(10-13)16-14-7-2-1-4-11(14)8-9-15(16)18/h1-10,18H. The quantitative estimate of drug-likeness (QED) is 0.672. The number of hydrogen-bond acceptors (Lipinski definition) is 1. The van der Waals surface area contributed by atoms with Gasteiger partial charge in [-0.15, -0.1) is 0 Å². The summed E-state index contributed by atoms with van der Waals surface area (Å²) >= 11 is 3.47. The van der Waals surface area contributed by atoms with Gasteiger partial charge >= 0.3 is 0 Å². The van der Waals surface area contributed by atoms with Crippen LogP contribution in [0.3, 0.4) is 0 Å². The molecule has 2 heteroatoms. The highest BCUT2D eigenvalue weighted by molar-refractivity contribution is 9.10. The normalized spacial score (nSPS) is 10.7. The molecule has 3 rings (SSSR count). The van der Waals surface area contributed by atoms with E-state index in [2.05, 4.69) is 22.0 Å². The van der Waals surface area contributed by atoms with E-state index in [4.69, 9.17) is 0 Å². The predicted molar refractivity (Wildman–Crippen MR) is 78.7 cm³/mol. The largest absolute Gasteiger partial charge is 0.507 e. The van der Waals surface area contributed by atoms with Crippen molar-refractivity contribution >= 4 is 26.7 Å². The van der Waals surface area contributed by atoms with Crippen molar-refractivity contribution in [3.63, 3.8) is 0 Å². The number of hydrogen-bond donors (Lipinski definition) is 1. The smallest absolute Gasteiger partial charge is 0.124 e. The molecule has 0 bridgehead atoms. The SMILES string of the molecule is Oc1ccc2ccccc2c1-c1cccc(Br)c1. The average molecular weight is 299 g/mol. The van der Waals surface area contributed by atoms with Crippen molar-refractivity contribution in [2.24, 2.45) is 0 Å². The Balaban J connectivity index is 2.37. The van der Waals surface area contributed by atoms with Crippen molar-refractivity contribution in [2.45, 2.75) is 0 Å². The predicted octanol–water partition coefficient (Wildman–Crippen LogP) is 4.97. The summed E-state index contributed by atoms with van der Waals surface area (Å²) in [5.74, 6) is 0.312. The third-order valence-electron chi connectivity index (χ3n) is 3.02. The molecule has 1 N–H and O–H groups in total. The number of fused-ring (bicyclic) bond motifs is 1. The van der Waals surface area contributed by atoms with Gasteiger partial charge in [0.2, 0.25) is 0 Å². The number of phenolic OH excluding ortho intramolecular Hbond substituents is 1. The first-order valence-electron chi connectivity index (χ1n) is 5.72. The van der Waals surface area contributed by atoms with Gasteiger partial charge in [-0.2, -0.15) is 0 Å². The van der Waals surface area contributed by atoms with Crippen LogP contribution in [0.5, 0.6) is 5.75 Å². The highest BCUT2D eigenvalue weighted by Crippen LogP contribution is 2.37. The molecule has 0 heterocycles. The Hall–Kier alpha value is -1.80. The second-order valence-corrected chi connectivity index (χ2v) is 5.11. The topological polar surface area (TPSA) is 20.2 Å². The van der Waals surface area contributed by atoms with Crippen LogP contribution in [0.4, 0.5) is 0 Å². The van der Waals surface area contributed by atoms with Gasteiger partial charge in [0.25, 0.3) is 0 Å². The Morgan fingerprint density at radius 3 is 2.50 bits per heavy atom. The highest BCUT2D eigenvalue weighted by atomic mass is 79.9. The Kier molecular flexibility index (Phi) is 2.80. The van der Waals surface area contributed by atoms with Gasteiger partial charge in [-0.3, -0.25) is 0 Å². The summed E-state index contributed by atoms with van der Waals surface area (Å²) in [6.45, 7) is 0. The van der Waals surface area contributed by atoms with Crippen LogP contribution in [0.25, 0.3) is 21.9 Å². The minimum atomic E-state index is 0.312. The van der Waals surface area contributed by atoms with Gasteiger partial charge in [-0.05, 0) is 34.5 Å². The van der Waals surface area contributed by atoms with Gasteiger partial charge in [-0.1, -0.05) is 58.4 Å². The zero-order valence-corrected chi connectivity index (χ0v) is 11.2. The van der Waals surface area contributed by atoms with Crippen molar-refractivity contribution in [1.82, 2.24) is 0 Å². The third kappa shape index (κ3) is 1.89. The Bertz CT molecular complexity index is 719. The molecule has 0 unspecified atom stereocenters. The van der Waals surface area contributed by atoms with Crippen LogP contribution in [-0.2, 0) is 0 Å². The average Bonchev–Trinajstić information content (AvgIpc) is 2.38. The first-order chi connectivity index (χ1) is 8.75. The van der Waals surface area contributed by atoms with E-state index in [0.717, 1.165) is 26.4 Å². The van der Waals surface area contributed by atoms with Crippen LogP contribution in [0.1, 0.15) is 0 Å². The van der Waals surface area contributed by atoms with E-state index in [1.165, 1.54) is 0 Å². The molecule has 88 valence electrons. The molecule has 0 fully saturated rings. The minimum absolute atomic E-state index is 0.312. The van der Waals surface area contributed by atoms with Crippen molar-refractivity contribution < 1.29 is 5.11 Å². The molecule has 0 spiro atoms. The number of aromatic hydroxyl groups is 1. The maximum Gasteiger partial charge on any atom is 0.124 e. The maximum absolute atomic E-state index is 10.1.